The second kappa shape index (κ2) is 6.48. The van der Waals surface area contributed by atoms with Crippen LogP contribution in [0.5, 0.6) is 0 Å². The molecule has 0 radical (unpaired) electrons. The molecular formula is C15H17BrClN2S+. The topological polar surface area (TPSA) is 7.68 Å². The van der Waals surface area contributed by atoms with Crippen LogP contribution >= 0.6 is 38.9 Å². The van der Waals surface area contributed by atoms with E-state index in [0.29, 0.717) is 0 Å². The molecule has 0 bridgehead atoms. The van der Waals surface area contributed by atoms with Crippen LogP contribution < -0.4 is 9.80 Å². The van der Waals surface area contributed by atoms with Crippen molar-refractivity contribution in [3.63, 3.8) is 0 Å². The van der Waals surface area contributed by atoms with Gasteiger partial charge in [-0.25, -0.2) is 0 Å². The van der Waals surface area contributed by atoms with Crippen LogP contribution in [0.4, 0.5) is 5.69 Å². The predicted octanol–water partition coefficient (Wildman–Crippen LogP) is 3.07. The van der Waals surface area contributed by atoms with Crippen molar-refractivity contribution in [2.24, 2.45) is 0 Å². The quantitative estimate of drug-likeness (QED) is 0.870. The fourth-order valence-corrected chi connectivity index (χ4v) is 4.42. The van der Waals surface area contributed by atoms with Crippen molar-refractivity contribution in [3.8, 4) is 0 Å². The SMILES string of the molecule is Clc1ccccc1N1CC[NH+](Cc2cc(Br)cs2)CC1. The number of nitrogens with zero attached hydrogens (tertiary/aromatic N) is 1. The molecular weight excluding hydrogens is 356 g/mol. The molecule has 0 spiro atoms. The van der Waals surface area contributed by atoms with Gasteiger partial charge in [-0.05, 0) is 34.1 Å². The Kier molecular flexibility index (Phi) is 4.66. The van der Waals surface area contributed by atoms with E-state index in [1.807, 2.05) is 23.5 Å². The predicted molar refractivity (Wildman–Crippen MR) is 90.1 cm³/mol. The average Bonchev–Trinajstić information content (AvgIpc) is 2.86. The summed E-state index contributed by atoms with van der Waals surface area (Å²) in [5.41, 5.74) is 1.17. The first-order valence-corrected chi connectivity index (χ1v) is 8.83. The van der Waals surface area contributed by atoms with E-state index < -0.39 is 0 Å². The summed E-state index contributed by atoms with van der Waals surface area (Å²) in [4.78, 5) is 5.51. The van der Waals surface area contributed by atoms with Gasteiger partial charge in [0.2, 0.25) is 0 Å². The second-order valence-corrected chi connectivity index (χ2v) is 7.42. The summed E-state index contributed by atoms with van der Waals surface area (Å²) in [7, 11) is 0. The van der Waals surface area contributed by atoms with Crippen molar-refractivity contribution in [1.82, 2.24) is 0 Å². The number of quaternary nitrogens is 1. The Labute approximate surface area is 137 Å². The Hall–Kier alpha value is -0.550. The molecule has 1 aromatic heterocycles. The van der Waals surface area contributed by atoms with Crippen molar-refractivity contribution in [2.75, 3.05) is 31.1 Å². The molecule has 1 aliphatic heterocycles. The van der Waals surface area contributed by atoms with E-state index in [0.717, 1.165) is 24.7 Å². The molecule has 0 amide bonds. The van der Waals surface area contributed by atoms with Gasteiger partial charge in [0.25, 0.3) is 0 Å². The van der Waals surface area contributed by atoms with Gasteiger partial charge in [0.1, 0.15) is 6.54 Å². The van der Waals surface area contributed by atoms with Crippen LogP contribution in [0.25, 0.3) is 0 Å². The Morgan fingerprint density at radius 1 is 1.25 bits per heavy atom. The van der Waals surface area contributed by atoms with Gasteiger partial charge in [-0.3, -0.25) is 0 Å². The van der Waals surface area contributed by atoms with E-state index in [1.165, 1.54) is 28.1 Å². The number of hydrogen-bond acceptors (Lipinski definition) is 2. The Morgan fingerprint density at radius 3 is 2.65 bits per heavy atom. The zero-order chi connectivity index (χ0) is 13.9. The summed E-state index contributed by atoms with van der Waals surface area (Å²) >= 11 is 11.6. The minimum Gasteiger partial charge on any atom is -0.359 e. The average molecular weight is 373 g/mol. The van der Waals surface area contributed by atoms with Gasteiger partial charge < -0.3 is 9.80 Å². The molecule has 20 heavy (non-hydrogen) atoms. The maximum absolute atomic E-state index is 6.27. The molecule has 1 aliphatic rings. The van der Waals surface area contributed by atoms with Crippen LogP contribution in [-0.4, -0.2) is 26.2 Å². The first-order valence-electron chi connectivity index (χ1n) is 6.78. The molecule has 1 saturated heterocycles. The first kappa shape index (κ1) is 14.4. The molecule has 5 heteroatoms. The molecule has 0 atom stereocenters. The number of anilines is 1. The number of halogens is 2. The molecule has 2 nitrogen and oxygen atoms in total. The number of benzene rings is 1. The zero-order valence-electron chi connectivity index (χ0n) is 11.1. The number of para-hydroxylation sites is 1. The maximum atomic E-state index is 6.27. The standard InChI is InChI=1S/C15H16BrClN2S/c16-12-9-13(20-11-12)10-18-5-7-19(8-6-18)15-4-2-1-3-14(15)17/h1-4,9,11H,5-8,10H2/p+1. The third kappa shape index (κ3) is 3.37. The molecule has 3 rings (SSSR count). The molecule has 1 fully saturated rings. The molecule has 0 aliphatic carbocycles. The normalized spacial score (nSPS) is 16.6. The molecule has 106 valence electrons. The smallest absolute Gasteiger partial charge is 0.112 e. The van der Waals surface area contributed by atoms with Crippen molar-refractivity contribution in [3.05, 3.63) is 50.1 Å². The van der Waals surface area contributed by atoms with Crippen LogP contribution in [0.3, 0.4) is 0 Å². The zero-order valence-corrected chi connectivity index (χ0v) is 14.3. The first-order chi connectivity index (χ1) is 9.72. The summed E-state index contributed by atoms with van der Waals surface area (Å²) < 4.78 is 1.20. The second-order valence-electron chi connectivity index (χ2n) is 5.10. The van der Waals surface area contributed by atoms with Gasteiger partial charge >= 0.3 is 0 Å². The number of rotatable bonds is 3. The summed E-state index contributed by atoms with van der Waals surface area (Å²) in [6.45, 7) is 5.62. The highest BCUT2D eigenvalue weighted by Crippen LogP contribution is 2.25. The summed E-state index contributed by atoms with van der Waals surface area (Å²) in [6, 6.07) is 10.4. The van der Waals surface area contributed by atoms with Crippen LogP contribution in [-0.2, 0) is 6.54 Å². The monoisotopic (exact) mass is 371 g/mol. The van der Waals surface area contributed by atoms with Gasteiger partial charge in [-0.15, -0.1) is 11.3 Å². The summed E-state index contributed by atoms with van der Waals surface area (Å²) in [5, 5.41) is 3.02. The van der Waals surface area contributed by atoms with E-state index >= 15 is 0 Å². The number of thiophene rings is 1. The fraction of sp³-hybridized carbons (Fsp3) is 0.333. The van der Waals surface area contributed by atoms with Crippen LogP contribution in [0.1, 0.15) is 4.88 Å². The Morgan fingerprint density at radius 2 is 2.00 bits per heavy atom. The van der Waals surface area contributed by atoms with E-state index in [4.69, 9.17) is 11.6 Å². The lowest BCUT2D eigenvalue weighted by molar-refractivity contribution is -0.914. The minimum atomic E-state index is 0.859. The fourth-order valence-electron chi connectivity index (χ4n) is 2.64. The third-order valence-corrected chi connectivity index (χ3v) is 5.73. The highest BCUT2D eigenvalue weighted by Gasteiger charge is 2.21. The van der Waals surface area contributed by atoms with Crippen molar-refractivity contribution >= 4 is 44.6 Å². The van der Waals surface area contributed by atoms with E-state index in [1.54, 1.807) is 4.90 Å². The molecule has 0 saturated carbocycles. The summed E-state index contributed by atoms with van der Waals surface area (Å²) in [5.74, 6) is 0. The van der Waals surface area contributed by atoms with Crippen molar-refractivity contribution in [1.29, 1.82) is 0 Å². The lowest BCUT2D eigenvalue weighted by Crippen LogP contribution is -3.13. The van der Waals surface area contributed by atoms with Crippen LogP contribution in [0.15, 0.2) is 40.2 Å². The van der Waals surface area contributed by atoms with Crippen LogP contribution in [0.2, 0.25) is 5.02 Å². The highest BCUT2D eigenvalue weighted by molar-refractivity contribution is 9.10. The number of hydrogen-bond donors (Lipinski definition) is 1. The molecule has 0 unspecified atom stereocenters. The molecule has 2 heterocycles. The van der Waals surface area contributed by atoms with Gasteiger partial charge in [-0.1, -0.05) is 23.7 Å². The van der Waals surface area contributed by atoms with Gasteiger partial charge in [0.15, 0.2) is 0 Å². The van der Waals surface area contributed by atoms with Gasteiger partial charge in [0.05, 0.1) is 41.8 Å². The number of piperazine rings is 1. The maximum Gasteiger partial charge on any atom is 0.112 e. The highest BCUT2D eigenvalue weighted by atomic mass is 79.9. The Balaban J connectivity index is 1.58. The van der Waals surface area contributed by atoms with E-state index in [-0.39, 0.29) is 0 Å². The van der Waals surface area contributed by atoms with Gasteiger partial charge in [0, 0.05) is 9.85 Å². The lowest BCUT2D eigenvalue weighted by Gasteiger charge is -2.33. The van der Waals surface area contributed by atoms with E-state index in [2.05, 4.69) is 44.4 Å². The molecule has 1 N–H and O–H groups in total. The largest absolute Gasteiger partial charge is 0.359 e. The van der Waals surface area contributed by atoms with Crippen LogP contribution in [0, 0.1) is 0 Å². The molecule has 1 aromatic carbocycles. The molecule has 2 aromatic rings. The van der Waals surface area contributed by atoms with Crippen molar-refractivity contribution < 1.29 is 4.90 Å². The van der Waals surface area contributed by atoms with E-state index in [9.17, 15) is 0 Å². The third-order valence-electron chi connectivity index (χ3n) is 3.71. The summed E-state index contributed by atoms with van der Waals surface area (Å²) in [6.07, 6.45) is 0. The Bertz CT molecular complexity index is 579. The minimum absolute atomic E-state index is 0.859. The van der Waals surface area contributed by atoms with Gasteiger partial charge in [-0.2, -0.15) is 0 Å². The lowest BCUT2D eigenvalue weighted by atomic mass is 10.2. The van der Waals surface area contributed by atoms with Crippen molar-refractivity contribution in [2.45, 2.75) is 6.54 Å². The number of nitrogens with one attached hydrogen (secondary N) is 1.